The van der Waals surface area contributed by atoms with Crippen LogP contribution in [0.2, 0.25) is 18.6 Å². The molecule has 0 aromatic heterocycles. The predicted molar refractivity (Wildman–Crippen MR) is 107 cm³/mol. The molecule has 0 heterocycles. The van der Waals surface area contributed by atoms with E-state index in [1.807, 2.05) is 18.2 Å². The maximum atomic E-state index is 9.80. The van der Waals surface area contributed by atoms with Crippen LogP contribution < -0.4 is 5.19 Å². The van der Waals surface area contributed by atoms with E-state index in [9.17, 15) is 5.11 Å². The van der Waals surface area contributed by atoms with Gasteiger partial charge in [0.1, 0.15) is 0 Å². The molecule has 0 amide bonds. The molecule has 0 spiro atoms. The average molecular weight is 353 g/mol. The second-order valence-corrected chi connectivity index (χ2v) is 12.2. The lowest BCUT2D eigenvalue weighted by atomic mass is 10.0. The van der Waals surface area contributed by atoms with Crippen LogP contribution in [0, 0.1) is 5.92 Å². The molecule has 2 aromatic carbocycles. The van der Waals surface area contributed by atoms with E-state index in [4.69, 9.17) is 4.74 Å². The molecule has 1 aliphatic carbocycles. The summed E-state index contributed by atoms with van der Waals surface area (Å²) in [6.07, 6.45) is 3.31. The Bertz CT molecular complexity index is 694. The van der Waals surface area contributed by atoms with Gasteiger partial charge in [-0.05, 0) is 23.1 Å². The molecule has 132 valence electrons. The minimum Gasteiger partial charge on any atom is -0.392 e. The van der Waals surface area contributed by atoms with Gasteiger partial charge in [0, 0.05) is 5.92 Å². The summed E-state index contributed by atoms with van der Waals surface area (Å²) < 4.78 is 6.07. The third-order valence-corrected chi connectivity index (χ3v) is 9.95. The van der Waals surface area contributed by atoms with Crippen LogP contribution in [0.4, 0.5) is 0 Å². The van der Waals surface area contributed by atoms with Crippen molar-refractivity contribution in [1.82, 2.24) is 0 Å². The Morgan fingerprint density at radius 3 is 2.28 bits per heavy atom. The van der Waals surface area contributed by atoms with Gasteiger partial charge in [-0.1, -0.05) is 85.0 Å². The zero-order valence-electron chi connectivity index (χ0n) is 15.2. The zero-order chi connectivity index (χ0) is 17.7. The molecule has 0 saturated heterocycles. The van der Waals surface area contributed by atoms with Crippen LogP contribution in [-0.2, 0) is 11.3 Å². The van der Waals surface area contributed by atoms with E-state index < -0.39 is 8.07 Å². The number of hydrogen-bond acceptors (Lipinski definition) is 2. The Hall–Kier alpha value is -1.68. The summed E-state index contributed by atoms with van der Waals surface area (Å²) in [6.45, 7) is 6.37. The molecule has 1 unspecified atom stereocenters. The smallest absolute Gasteiger partial charge is 0.0846 e. The first-order valence-electron chi connectivity index (χ1n) is 9.10. The van der Waals surface area contributed by atoms with E-state index in [1.165, 1.54) is 10.8 Å². The summed E-state index contributed by atoms with van der Waals surface area (Å²) in [7, 11) is -1.64. The fourth-order valence-electron chi connectivity index (χ4n) is 4.01. The van der Waals surface area contributed by atoms with Crippen molar-refractivity contribution in [3.05, 3.63) is 77.9 Å². The Morgan fingerprint density at radius 2 is 1.64 bits per heavy atom. The first kappa shape index (κ1) is 18.1. The van der Waals surface area contributed by atoms with E-state index >= 15 is 0 Å². The number of benzene rings is 2. The van der Waals surface area contributed by atoms with Crippen molar-refractivity contribution < 1.29 is 9.84 Å². The summed E-state index contributed by atoms with van der Waals surface area (Å²) >= 11 is 0. The van der Waals surface area contributed by atoms with Crippen LogP contribution in [0.25, 0.3) is 0 Å². The van der Waals surface area contributed by atoms with E-state index in [2.05, 4.69) is 61.6 Å². The topological polar surface area (TPSA) is 29.5 Å². The quantitative estimate of drug-likeness (QED) is 0.600. The molecule has 0 aliphatic heterocycles. The standard InChI is InChI=1S/C22H28O2Si/c1-25(2,20-11-7-4-8-12-20)22-14-13-19(15-23)21(22)17-24-16-18-9-5-3-6-10-18/h3-13,21-23H,14-17H2,1-2H3/t21-,22?/m0/s1. The molecule has 0 radical (unpaired) electrons. The first-order valence-corrected chi connectivity index (χ1v) is 12.2. The summed E-state index contributed by atoms with van der Waals surface area (Å²) in [5.74, 6) is 0.329. The summed E-state index contributed by atoms with van der Waals surface area (Å²) in [5.41, 5.74) is 2.94. The minimum absolute atomic E-state index is 0.148. The van der Waals surface area contributed by atoms with Gasteiger partial charge < -0.3 is 9.84 Å². The van der Waals surface area contributed by atoms with Crippen molar-refractivity contribution in [3.63, 3.8) is 0 Å². The van der Waals surface area contributed by atoms with Crippen molar-refractivity contribution >= 4 is 13.3 Å². The van der Waals surface area contributed by atoms with Crippen LogP contribution in [0.5, 0.6) is 0 Å². The molecule has 3 rings (SSSR count). The van der Waals surface area contributed by atoms with Gasteiger partial charge in [0.2, 0.25) is 0 Å². The van der Waals surface area contributed by atoms with Gasteiger partial charge in [-0.25, -0.2) is 0 Å². The highest BCUT2D eigenvalue weighted by atomic mass is 28.3. The van der Waals surface area contributed by atoms with Crippen molar-refractivity contribution in [2.24, 2.45) is 5.92 Å². The Balaban J connectivity index is 1.71. The van der Waals surface area contributed by atoms with Crippen molar-refractivity contribution in [2.45, 2.75) is 31.7 Å². The summed E-state index contributed by atoms with van der Waals surface area (Å²) in [4.78, 5) is 0. The van der Waals surface area contributed by atoms with Gasteiger partial charge >= 0.3 is 0 Å². The summed E-state index contributed by atoms with van der Waals surface area (Å²) in [6, 6.07) is 21.2. The molecule has 1 aliphatic rings. The molecule has 0 saturated carbocycles. The third-order valence-electron chi connectivity index (χ3n) is 5.63. The monoisotopic (exact) mass is 352 g/mol. The van der Waals surface area contributed by atoms with Crippen LogP contribution >= 0.6 is 0 Å². The molecule has 1 N–H and O–H groups in total. The molecule has 2 aromatic rings. The van der Waals surface area contributed by atoms with E-state index in [0.717, 1.165) is 12.0 Å². The molecular weight excluding hydrogens is 324 g/mol. The number of hydrogen-bond donors (Lipinski definition) is 1. The second-order valence-electron chi connectivity index (χ2n) is 7.47. The molecular formula is C22H28O2Si. The highest BCUT2D eigenvalue weighted by Gasteiger charge is 2.42. The largest absolute Gasteiger partial charge is 0.392 e. The maximum absolute atomic E-state index is 9.80. The molecule has 0 fully saturated rings. The molecule has 25 heavy (non-hydrogen) atoms. The maximum Gasteiger partial charge on any atom is 0.0846 e. The number of allylic oxidation sites excluding steroid dienone is 1. The van der Waals surface area contributed by atoms with E-state index in [0.29, 0.717) is 24.7 Å². The van der Waals surface area contributed by atoms with Crippen LogP contribution in [0.15, 0.2) is 72.3 Å². The number of rotatable bonds is 7. The molecule has 2 nitrogen and oxygen atoms in total. The lowest BCUT2D eigenvalue weighted by Crippen LogP contribution is -2.48. The van der Waals surface area contributed by atoms with Gasteiger partial charge in [0.15, 0.2) is 0 Å². The second kappa shape index (κ2) is 8.13. The molecule has 3 heteroatoms. The number of ether oxygens (including phenoxy) is 1. The highest BCUT2D eigenvalue weighted by Crippen LogP contribution is 2.43. The molecule has 2 atom stereocenters. The lowest BCUT2D eigenvalue weighted by Gasteiger charge is -2.35. The van der Waals surface area contributed by atoms with Crippen molar-refractivity contribution in [1.29, 1.82) is 0 Å². The van der Waals surface area contributed by atoms with Crippen LogP contribution in [0.3, 0.4) is 0 Å². The normalized spacial score (nSPS) is 20.5. The lowest BCUT2D eigenvalue weighted by molar-refractivity contribution is 0.0931. The average Bonchev–Trinajstić information content (AvgIpc) is 3.07. The van der Waals surface area contributed by atoms with Crippen molar-refractivity contribution in [2.75, 3.05) is 13.2 Å². The predicted octanol–water partition coefficient (Wildman–Crippen LogP) is 4.13. The minimum atomic E-state index is -1.64. The highest BCUT2D eigenvalue weighted by molar-refractivity contribution is 6.91. The Morgan fingerprint density at radius 1 is 1.00 bits per heavy atom. The fourth-order valence-corrected chi connectivity index (χ4v) is 7.52. The zero-order valence-corrected chi connectivity index (χ0v) is 16.2. The van der Waals surface area contributed by atoms with Crippen molar-refractivity contribution in [3.8, 4) is 0 Å². The van der Waals surface area contributed by atoms with Gasteiger partial charge in [-0.3, -0.25) is 0 Å². The molecule has 0 bridgehead atoms. The van der Waals surface area contributed by atoms with E-state index in [1.54, 1.807) is 0 Å². The fraction of sp³-hybridized carbons (Fsp3) is 0.364. The van der Waals surface area contributed by atoms with Gasteiger partial charge in [0.05, 0.1) is 27.9 Å². The van der Waals surface area contributed by atoms with E-state index in [-0.39, 0.29) is 6.61 Å². The van der Waals surface area contributed by atoms with Gasteiger partial charge in [0.25, 0.3) is 0 Å². The van der Waals surface area contributed by atoms with Gasteiger partial charge in [-0.2, -0.15) is 0 Å². The van der Waals surface area contributed by atoms with Gasteiger partial charge in [-0.15, -0.1) is 0 Å². The van der Waals surface area contributed by atoms with Crippen LogP contribution in [-0.4, -0.2) is 26.4 Å². The Kier molecular flexibility index (Phi) is 5.89. The number of aliphatic hydroxyl groups excluding tert-OH is 1. The first-order chi connectivity index (χ1) is 12.1. The number of aliphatic hydroxyl groups is 1. The van der Waals surface area contributed by atoms with Crippen LogP contribution in [0.1, 0.15) is 12.0 Å². The third kappa shape index (κ3) is 4.11. The SMILES string of the molecule is C[Si](C)(c1ccccc1)C1CC=C(CO)[C@@H]1COCc1ccccc1. The Labute approximate surface area is 152 Å². The summed E-state index contributed by atoms with van der Waals surface area (Å²) in [5, 5.41) is 11.3.